The normalized spacial score (nSPS) is 18.6. The van der Waals surface area contributed by atoms with E-state index in [-0.39, 0.29) is 35.8 Å². The third-order valence-corrected chi connectivity index (χ3v) is 5.93. The first-order valence-corrected chi connectivity index (χ1v) is 11.6. The number of aromatic nitrogens is 4. The van der Waals surface area contributed by atoms with Gasteiger partial charge in [-0.2, -0.15) is 0 Å². The Morgan fingerprint density at radius 2 is 2.16 bits per heavy atom. The van der Waals surface area contributed by atoms with Crippen LogP contribution in [0.4, 0.5) is 10.2 Å². The van der Waals surface area contributed by atoms with E-state index in [1.807, 2.05) is 4.90 Å². The highest BCUT2D eigenvalue weighted by atomic mass is 127. The molecule has 1 atom stereocenters. The molecule has 176 valence electrons. The van der Waals surface area contributed by atoms with Gasteiger partial charge in [0, 0.05) is 57.8 Å². The van der Waals surface area contributed by atoms with Crippen molar-refractivity contribution in [2.24, 2.45) is 4.99 Å². The number of anilines is 1. The van der Waals surface area contributed by atoms with Gasteiger partial charge in [0.1, 0.15) is 11.6 Å². The Labute approximate surface area is 206 Å². The number of pyridine rings is 1. The van der Waals surface area contributed by atoms with Crippen molar-refractivity contribution in [3.63, 3.8) is 0 Å². The van der Waals surface area contributed by atoms with Crippen molar-refractivity contribution < 1.29 is 4.39 Å². The van der Waals surface area contributed by atoms with Gasteiger partial charge in [-0.15, -0.1) is 34.2 Å². The van der Waals surface area contributed by atoms with Gasteiger partial charge in [-0.3, -0.25) is 4.99 Å². The van der Waals surface area contributed by atoms with E-state index in [0.29, 0.717) is 12.4 Å². The lowest BCUT2D eigenvalue weighted by Crippen LogP contribution is -2.44. The van der Waals surface area contributed by atoms with Crippen LogP contribution >= 0.6 is 24.0 Å². The van der Waals surface area contributed by atoms with E-state index in [2.05, 4.69) is 37.3 Å². The Kier molecular flexibility index (Phi) is 9.49. The standard InChI is InChI=1S/C22H33FN8.HI/c1-2-24-22(27-17-11-15-30(16-17)21-18(23)8-6-12-25-21)26-13-7-10-20-29-28-19-9-4-3-5-14-31(19)20;/h6,8,12,17H,2-5,7,9-11,13-16H2,1H3,(H2,24,26,27);1H. The molecule has 0 aromatic carbocycles. The van der Waals surface area contributed by atoms with Crippen LogP contribution < -0.4 is 15.5 Å². The highest BCUT2D eigenvalue weighted by molar-refractivity contribution is 14.0. The van der Waals surface area contributed by atoms with Gasteiger partial charge in [-0.1, -0.05) is 6.42 Å². The Morgan fingerprint density at radius 3 is 3.00 bits per heavy atom. The summed E-state index contributed by atoms with van der Waals surface area (Å²) in [6.45, 7) is 6.12. The number of halogens is 2. The molecule has 10 heteroatoms. The summed E-state index contributed by atoms with van der Waals surface area (Å²) in [5.74, 6) is 3.21. The maximum absolute atomic E-state index is 14.0. The largest absolute Gasteiger partial charge is 0.357 e. The Hall–Kier alpha value is -1.98. The molecule has 1 fully saturated rings. The Balaban J connectivity index is 0.00000289. The summed E-state index contributed by atoms with van der Waals surface area (Å²) in [6, 6.07) is 3.30. The van der Waals surface area contributed by atoms with Crippen LogP contribution in [0.15, 0.2) is 23.3 Å². The average Bonchev–Trinajstić information content (AvgIpc) is 3.31. The van der Waals surface area contributed by atoms with Crippen molar-refractivity contribution in [2.75, 3.05) is 31.1 Å². The molecule has 0 spiro atoms. The highest BCUT2D eigenvalue weighted by Crippen LogP contribution is 2.20. The fourth-order valence-electron chi connectivity index (χ4n) is 4.35. The molecule has 32 heavy (non-hydrogen) atoms. The Morgan fingerprint density at radius 1 is 1.25 bits per heavy atom. The zero-order valence-corrected chi connectivity index (χ0v) is 21.1. The van der Waals surface area contributed by atoms with E-state index in [1.165, 1.54) is 25.3 Å². The van der Waals surface area contributed by atoms with E-state index in [9.17, 15) is 4.39 Å². The first-order valence-electron chi connectivity index (χ1n) is 11.6. The molecule has 1 unspecified atom stereocenters. The maximum atomic E-state index is 14.0. The van der Waals surface area contributed by atoms with Gasteiger partial charge in [0.2, 0.25) is 0 Å². The summed E-state index contributed by atoms with van der Waals surface area (Å²) in [4.78, 5) is 10.9. The fourth-order valence-corrected chi connectivity index (χ4v) is 4.35. The van der Waals surface area contributed by atoms with E-state index in [0.717, 1.165) is 69.5 Å². The quantitative estimate of drug-likeness (QED) is 0.236. The van der Waals surface area contributed by atoms with Crippen LogP contribution in [0.5, 0.6) is 0 Å². The first-order chi connectivity index (χ1) is 15.2. The molecule has 0 amide bonds. The lowest BCUT2D eigenvalue weighted by atomic mass is 10.2. The van der Waals surface area contributed by atoms with Gasteiger partial charge in [-0.05, 0) is 44.7 Å². The topological polar surface area (TPSA) is 83.3 Å². The van der Waals surface area contributed by atoms with Crippen molar-refractivity contribution in [3.8, 4) is 0 Å². The van der Waals surface area contributed by atoms with Crippen LogP contribution in [0.2, 0.25) is 0 Å². The second-order valence-electron chi connectivity index (χ2n) is 8.24. The SMILES string of the molecule is CCNC(=NCCCc1nnc2n1CCCCC2)NC1CCN(c2ncccc2F)C1.I. The minimum atomic E-state index is -0.268. The number of fused-ring (bicyclic) bond motifs is 1. The Bertz CT molecular complexity index is 887. The zero-order chi connectivity index (χ0) is 21.5. The minimum absolute atomic E-state index is 0. The zero-order valence-electron chi connectivity index (χ0n) is 18.8. The fraction of sp³-hybridized carbons (Fsp3) is 0.636. The molecule has 0 saturated carbocycles. The number of rotatable bonds is 7. The molecule has 2 aromatic heterocycles. The third-order valence-electron chi connectivity index (χ3n) is 5.93. The van der Waals surface area contributed by atoms with Crippen LogP contribution in [0, 0.1) is 5.82 Å². The number of aliphatic imine (C=N–C) groups is 1. The van der Waals surface area contributed by atoms with Crippen molar-refractivity contribution in [3.05, 3.63) is 35.8 Å². The number of guanidine groups is 1. The predicted octanol–water partition coefficient (Wildman–Crippen LogP) is 2.92. The third kappa shape index (κ3) is 6.29. The van der Waals surface area contributed by atoms with Crippen molar-refractivity contribution >= 4 is 35.8 Å². The van der Waals surface area contributed by atoms with E-state index < -0.39 is 0 Å². The number of hydrogen-bond acceptors (Lipinski definition) is 5. The lowest BCUT2D eigenvalue weighted by Gasteiger charge is -2.20. The molecular formula is C22H34FIN8. The van der Waals surface area contributed by atoms with Gasteiger partial charge < -0.3 is 20.1 Å². The van der Waals surface area contributed by atoms with Crippen LogP contribution in [0.1, 0.15) is 50.7 Å². The summed E-state index contributed by atoms with van der Waals surface area (Å²) < 4.78 is 16.3. The van der Waals surface area contributed by atoms with Gasteiger partial charge in [0.05, 0.1) is 0 Å². The van der Waals surface area contributed by atoms with Crippen LogP contribution in [0.3, 0.4) is 0 Å². The summed E-state index contributed by atoms with van der Waals surface area (Å²) in [7, 11) is 0. The van der Waals surface area contributed by atoms with Crippen LogP contribution in [-0.2, 0) is 19.4 Å². The van der Waals surface area contributed by atoms with Crippen molar-refractivity contribution in [1.82, 2.24) is 30.4 Å². The summed E-state index contributed by atoms with van der Waals surface area (Å²) in [5.41, 5.74) is 0. The molecule has 8 nitrogen and oxygen atoms in total. The number of hydrogen-bond donors (Lipinski definition) is 2. The summed E-state index contributed by atoms with van der Waals surface area (Å²) in [6.07, 6.45) is 9.13. The van der Waals surface area contributed by atoms with Crippen molar-refractivity contribution in [1.29, 1.82) is 0 Å². The first kappa shape index (κ1) is 24.7. The molecule has 4 heterocycles. The molecule has 0 bridgehead atoms. The monoisotopic (exact) mass is 556 g/mol. The van der Waals surface area contributed by atoms with Crippen LogP contribution in [0.25, 0.3) is 0 Å². The number of nitrogens with zero attached hydrogens (tertiary/aromatic N) is 6. The van der Waals surface area contributed by atoms with Gasteiger partial charge >= 0.3 is 0 Å². The highest BCUT2D eigenvalue weighted by Gasteiger charge is 2.26. The predicted molar refractivity (Wildman–Crippen MR) is 135 cm³/mol. The smallest absolute Gasteiger partial charge is 0.191 e. The molecule has 2 aromatic rings. The van der Waals surface area contributed by atoms with E-state index in [1.54, 1.807) is 12.3 Å². The van der Waals surface area contributed by atoms with Gasteiger partial charge in [0.15, 0.2) is 17.6 Å². The molecule has 2 N–H and O–H groups in total. The molecular weight excluding hydrogens is 522 g/mol. The summed E-state index contributed by atoms with van der Waals surface area (Å²) >= 11 is 0. The average molecular weight is 556 g/mol. The van der Waals surface area contributed by atoms with Crippen molar-refractivity contribution in [2.45, 2.75) is 64.5 Å². The van der Waals surface area contributed by atoms with Gasteiger partial charge in [0.25, 0.3) is 0 Å². The van der Waals surface area contributed by atoms with E-state index >= 15 is 0 Å². The molecule has 2 aliphatic rings. The number of aryl methyl sites for hydroxylation is 2. The second kappa shape index (κ2) is 12.3. The maximum Gasteiger partial charge on any atom is 0.191 e. The number of nitrogens with one attached hydrogen (secondary N) is 2. The van der Waals surface area contributed by atoms with Gasteiger partial charge in [-0.25, -0.2) is 9.37 Å². The molecule has 4 rings (SSSR count). The summed E-state index contributed by atoms with van der Waals surface area (Å²) in [5, 5.41) is 15.6. The molecule has 2 aliphatic heterocycles. The van der Waals surface area contributed by atoms with Crippen LogP contribution in [-0.4, -0.2) is 57.9 Å². The van der Waals surface area contributed by atoms with E-state index in [4.69, 9.17) is 4.99 Å². The lowest BCUT2D eigenvalue weighted by molar-refractivity contribution is 0.596. The molecule has 0 radical (unpaired) electrons. The molecule has 0 aliphatic carbocycles. The second-order valence-corrected chi connectivity index (χ2v) is 8.24. The molecule has 1 saturated heterocycles. The minimum Gasteiger partial charge on any atom is -0.357 e.